The van der Waals surface area contributed by atoms with E-state index in [9.17, 15) is 4.39 Å². The average molecular weight is 395 g/mol. The van der Waals surface area contributed by atoms with Crippen LogP contribution in [0.15, 0.2) is 23.2 Å². The van der Waals surface area contributed by atoms with Gasteiger partial charge >= 0.3 is 0 Å². The van der Waals surface area contributed by atoms with Gasteiger partial charge in [0.15, 0.2) is 5.96 Å². The summed E-state index contributed by atoms with van der Waals surface area (Å²) < 4.78 is 18.5. The maximum atomic E-state index is 13.2. The Kier molecular flexibility index (Phi) is 7.17. The molecule has 0 saturated carbocycles. The van der Waals surface area contributed by atoms with Crippen molar-refractivity contribution in [1.29, 1.82) is 0 Å². The molecule has 1 fully saturated rings. The van der Waals surface area contributed by atoms with Crippen LogP contribution in [0.1, 0.15) is 11.1 Å². The van der Waals surface area contributed by atoms with Gasteiger partial charge in [-0.3, -0.25) is 0 Å². The van der Waals surface area contributed by atoms with Crippen molar-refractivity contribution in [2.45, 2.75) is 13.2 Å². The van der Waals surface area contributed by atoms with E-state index >= 15 is 0 Å². The van der Waals surface area contributed by atoms with Crippen molar-refractivity contribution in [2.24, 2.45) is 10.7 Å². The summed E-state index contributed by atoms with van der Waals surface area (Å²) in [6.07, 6.45) is 0. The van der Waals surface area contributed by atoms with Gasteiger partial charge in [0.25, 0.3) is 0 Å². The molecule has 3 N–H and O–H groups in total. The minimum Gasteiger partial charge on any atom is -0.392 e. The van der Waals surface area contributed by atoms with Gasteiger partial charge in [0.2, 0.25) is 0 Å². The van der Waals surface area contributed by atoms with E-state index in [-0.39, 0.29) is 36.1 Å². The number of aliphatic hydroxyl groups excluding tert-OH is 1. The number of rotatable bonds is 3. The average Bonchev–Trinajstić information content (AvgIpc) is 2.47. The molecule has 7 heteroatoms. The summed E-state index contributed by atoms with van der Waals surface area (Å²) >= 11 is 0. The predicted molar refractivity (Wildman–Crippen MR) is 85.5 cm³/mol. The highest BCUT2D eigenvalue weighted by Crippen LogP contribution is 2.11. The molecule has 0 amide bonds. The summed E-state index contributed by atoms with van der Waals surface area (Å²) in [5.41, 5.74) is 6.99. The first-order valence-corrected chi connectivity index (χ1v) is 6.21. The number of nitrogens with two attached hydrogens (primary N) is 1. The van der Waals surface area contributed by atoms with Crippen LogP contribution in [0.5, 0.6) is 0 Å². The Morgan fingerprint density at radius 2 is 2.10 bits per heavy atom. The number of aliphatic imine (C=N–C) groups is 1. The van der Waals surface area contributed by atoms with Crippen molar-refractivity contribution < 1.29 is 14.2 Å². The van der Waals surface area contributed by atoms with Gasteiger partial charge in [-0.05, 0) is 17.7 Å². The molecule has 0 atom stereocenters. The molecule has 0 unspecified atom stereocenters. The smallest absolute Gasteiger partial charge is 0.191 e. The molecule has 1 saturated heterocycles. The fourth-order valence-electron chi connectivity index (χ4n) is 1.91. The van der Waals surface area contributed by atoms with Gasteiger partial charge in [0.1, 0.15) is 5.82 Å². The van der Waals surface area contributed by atoms with Crippen LogP contribution in [0.2, 0.25) is 0 Å². The highest BCUT2D eigenvalue weighted by molar-refractivity contribution is 14.0. The standard InChI is InChI=1S/C13H18FN3O2.HI/c14-12-2-1-10(7-11(12)9-18)8-16-13(15)17-3-5-19-6-4-17;/h1-2,7,18H,3-6,8-9H2,(H2,15,16);1H. The van der Waals surface area contributed by atoms with E-state index in [0.29, 0.717) is 25.7 Å². The fourth-order valence-corrected chi connectivity index (χ4v) is 1.91. The zero-order valence-corrected chi connectivity index (χ0v) is 13.4. The van der Waals surface area contributed by atoms with E-state index in [1.165, 1.54) is 6.07 Å². The largest absolute Gasteiger partial charge is 0.392 e. The van der Waals surface area contributed by atoms with Gasteiger partial charge in [0.05, 0.1) is 26.4 Å². The maximum absolute atomic E-state index is 13.2. The second-order valence-electron chi connectivity index (χ2n) is 4.36. The van der Waals surface area contributed by atoms with Crippen molar-refractivity contribution in [3.8, 4) is 0 Å². The monoisotopic (exact) mass is 395 g/mol. The van der Waals surface area contributed by atoms with Crippen LogP contribution < -0.4 is 5.73 Å². The topological polar surface area (TPSA) is 71.1 Å². The number of guanidine groups is 1. The van der Waals surface area contributed by atoms with Gasteiger partial charge in [-0.15, -0.1) is 24.0 Å². The van der Waals surface area contributed by atoms with Gasteiger partial charge in [-0.25, -0.2) is 9.38 Å². The summed E-state index contributed by atoms with van der Waals surface area (Å²) in [6.45, 7) is 2.84. The van der Waals surface area contributed by atoms with E-state index in [1.54, 1.807) is 12.1 Å². The van der Waals surface area contributed by atoms with Crippen molar-refractivity contribution in [1.82, 2.24) is 4.90 Å². The Balaban J connectivity index is 0.00000200. The Morgan fingerprint density at radius 3 is 2.75 bits per heavy atom. The number of ether oxygens (including phenoxy) is 1. The molecule has 112 valence electrons. The lowest BCUT2D eigenvalue weighted by molar-refractivity contribution is 0.0674. The van der Waals surface area contributed by atoms with Crippen LogP contribution in [0.4, 0.5) is 4.39 Å². The van der Waals surface area contributed by atoms with Crippen molar-refractivity contribution in [3.05, 3.63) is 35.1 Å². The molecule has 1 aromatic rings. The molecule has 20 heavy (non-hydrogen) atoms. The Hall–Kier alpha value is -0.930. The zero-order valence-electron chi connectivity index (χ0n) is 11.1. The molecule has 0 spiro atoms. The summed E-state index contributed by atoms with van der Waals surface area (Å²) in [5.74, 6) is 0.0644. The number of halogens is 2. The lowest BCUT2D eigenvalue weighted by Crippen LogP contribution is -2.44. The molecule has 1 aliphatic rings. The van der Waals surface area contributed by atoms with Crippen LogP contribution in [0.3, 0.4) is 0 Å². The SMILES string of the molecule is I.NC(=NCc1ccc(F)c(CO)c1)N1CCOCC1. The minimum atomic E-state index is -0.406. The lowest BCUT2D eigenvalue weighted by atomic mass is 10.1. The number of hydrogen-bond acceptors (Lipinski definition) is 3. The fraction of sp³-hybridized carbons (Fsp3) is 0.462. The third-order valence-corrected chi connectivity index (χ3v) is 3.04. The van der Waals surface area contributed by atoms with E-state index < -0.39 is 5.82 Å². The lowest BCUT2D eigenvalue weighted by Gasteiger charge is -2.27. The first-order valence-electron chi connectivity index (χ1n) is 6.21. The van der Waals surface area contributed by atoms with Crippen LogP contribution in [-0.4, -0.2) is 42.3 Å². The molecule has 1 aromatic carbocycles. The number of nitrogens with zero attached hydrogens (tertiary/aromatic N) is 2. The second-order valence-corrected chi connectivity index (χ2v) is 4.36. The molecule has 0 radical (unpaired) electrons. The van der Waals surface area contributed by atoms with Crippen molar-refractivity contribution >= 4 is 29.9 Å². The summed E-state index contributed by atoms with van der Waals surface area (Å²) in [5, 5.41) is 9.00. The summed E-state index contributed by atoms with van der Waals surface area (Å²) in [7, 11) is 0. The van der Waals surface area contributed by atoms with E-state index in [0.717, 1.165) is 18.7 Å². The highest BCUT2D eigenvalue weighted by Gasteiger charge is 2.12. The van der Waals surface area contributed by atoms with Crippen LogP contribution in [0.25, 0.3) is 0 Å². The highest BCUT2D eigenvalue weighted by atomic mass is 127. The Bertz CT molecular complexity index is 465. The molecule has 0 aliphatic carbocycles. The quantitative estimate of drug-likeness (QED) is 0.457. The first-order chi connectivity index (χ1) is 9.20. The molecular formula is C13H19FIN3O2. The van der Waals surface area contributed by atoms with Gasteiger partial charge in [0, 0.05) is 18.7 Å². The number of aliphatic hydroxyl groups is 1. The number of benzene rings is 1. The zero-order chi connectivity index (χ0) is 13.7. The van der Waals surface area contributed by atoms with Crippen LogP contribution in [-0.2, 0) is 17.9 Å². The maximum Gasteiger partial charge on any atom is 0.191 e. The molecule has 5 nitrogen and oxygen atoms in total. The predicted octanol–water partition coefficient (Wildman–Crippen LogP) is 1.08. The van der Waals surface area contributed by atoms with Crippen molar-refractivity contribution in [2.75, 3.05) is 26.3 Å². The normalized spacial score (nSPS) is 15.9. The van der Waals surface area contributed by atoms with Crippen LogP contribution in [0, 0.1) is 5.82 Å². The minimum absolute atomic E-state index is 0. The number of morpholine rings is 1. The molecule has 1 aliphatic heterocycles. The summed E-state index contributed by atoms with van der Waals surface area (Å²) in [6, 6.07) is 4.58. The third-order valence-electron chi connectivity index (χ3n) is 3.04. The van der Waals surface area contributed by atoms with Gasteiger partial charge < -0.3 is 20.5 Å². The molecule has 2 rings (SSSR count). The van der Waals surface area contributed by atoms with Crippen LogP contribution >= 0.6 is 24.0 Å². The molecule has 0 bridgehead atoms. The number of hydrogen-bond donors (Lipinski definition) is 2. The van der Waals surface area contributed by atoms with Crippen molar-refractivity contribution in [3.63, 3.8) is 0 Å². The van der Waals surface area contributed by atoms with Gasteiger partial charge in [-0.1, -0.05) is 6.07 Å². The first kappa shape index (κ1) is 17.1. The van der Waals surface area contributed by atoms with E-state index in [4.69, 9.17) is 15.6 Å². The third kappa shape index (κ3) is 4.57. The van der Waals surface area contributed by atoms with E-state index in [1.807, 2.05) is 4.90 Å². The van der Waals surface area contributed by atoms with Gasteiger partial charge in [-0.2, -0.15) is 0 Å². The second kappa shape index (κ2) is 8.38. The molecular weight excluding hydrogens is 376 g/mol. The molecule has 0 aromatic heterocycles. The molecule has 1 heterocycles. The summed E-state index contributed by atoms with van der Waals surface area (Å²) in [4.78, 5) is 6.24. The Morgan fingerprint density at radius 1 is 1.40 bits per heavy atom. The Labute approximate surface area is 134 Å². The van der Waals surface area contributed by atoms with E-state index in [2.05, 4.69) is 4.99 Å².